The first-order valence-electron chi connectivity index (χ1n) is 3.50. The summed E-state index contributed by atoms with van der Waals surface area (Å²) < 4.78 is 0. The summed E-state index contributed by atoms with van der Waals surface area (Å²) in [6, 6.07) is 5.22. The van der Waals surface area contributed by atoms with Gasteiger partial charge in [-0.3, -0.25) is 0 Å². The first-order chi connectivity index (χ1) is 5.65. The van der Waals surface area contributed by atoms with Gasteiger partial charge in [-0.2, -0.15) is 5.26 Å². The molecule has 12 heavy (non-hydrogen) atoms. The maximum atomic E-state index is 9.18. The van der Waals surface area contributed by atoms with E-state index in [9.17, 15) is 5.11 Å². The fourth-order valence-corrected chi connectivity index (χ4v) is 1.17. The molecule has 1 rings (SSSR count). The van der Waals surface area contributed by atoms with Gasteiger partial charge in [-0.15, -0.1) is 0 Å². The Bertz CT molecular complexity index is 341. The van der Waals surface area contributed by atoms with Crippen molar-refractivity contribution < 1.29 is 5.11 Å². The van der Waals surface area contributed by atoms with E-state index in [4.69, 9.17) is 16.9 Å². The summed E-state index contributed by atoms with van der Waals surface area (Å²) in [4.78, 5) is 0. The summed E-state index contributed by atoms with van der Waals surface area (Å²) >= 11 is 5.66. The lowest BCUT2D eigenvalue weighted by molar-refractivity contribution is 0.475. The zero-order valence-electron chi connectivity index (χ0n) is 6.63. The Hall–Kier alpha value is -1.20. The molecule has 0 bridgehead atoms. The highest BCUT2D eigenvalue weighted by Gasteiger charge is 2.03. The van der Waals surface area contributed by atoms with Crippen LogP contribution in [0.15, 0.2) is 12.1 Å². The predicted octanol–water partition coefficient (Wildman–Crippen LogP) is 2.42. The van der Waals surface area contributed by atoms with Gasteiger partial charge in [0.1, 0.15) is 5.75 Å². The topological polar surface area (TPSA) is 44.0 Å². The molecule has 0 spiro atoms. The van der Waals surface area contributed by atoms with Crippen molar-refractivity contribution >= 4 is 11.6 Å². The number of hydrogen-bond acceptors (Lipinski definition) is 2. The minimum Gasteiger partial charge on any atom is -0.506 e. The standard InChI is InChI=1S/C9H8ClNO/c1-6-4-9(12)8(10)5-7(6)2-3-11/h4-5,12H,2H2,1H3. The van der Waals surface area contributed by atoms with E-state index in [2.05, 4.69) is 0 Å². The number of aryl methyl sites for hydroxylation is 1. The number of nitriles is 1. The Labute approximate surface area is 76.0 Å². The van der Waals surface area contributed by atoms with E-state index in [1.165, 1.54) is 0 Å². The first-order valence-corrected chi connectivity index (χ1v) is 3.88. The maximum Gasteiger partial charge on any atom is 0.134 e. The van der Waals surface area contributed by atoms with E-state index >= 15 is 0 Å². The minimum absolute atomic E-state index is 0.0656. The maximum absolute atomic E-state index is 9.18. The quantitative estimate of drug-likeness (QED) is 0.723. The van der Waals surface area contributed by atoms with Crippen LogP contribution in [-0.4, -0.2) is 5.11 Å². The van der Waals surface area contributed by atoms with Crippen molar-refractivity contribution in [3.8, 4) is 11.8 Å². The van der Waals surface area contributed by atoms with E-state index in [0.717, 1.165) is 11.1 Å². The van der Waals surface area contributed by atoms with Gasteiger partial charge < -0.3 is 5.11 Å². The van der Waals surface area contributed by atoms with E-state index in [1.54, 1.807) is 12.1 Å². The second-order valence-corrected chi connectivity index (χ2v) is 2.97. The lowest BCUT2D eigenvalue weighted by atomic mass is 10.1. The first kappa shape index (κ1) is 8.89. The van der Waals surface area contributed by atoms with Crippen LogP contribution < -0.4 is 0 Å². The largest absolute Gasteiger partial charge is 0.506 e. The fraction of sp³-hybridized carbons (Fsp3) is 0.222. The van der Waals surface area contributed by atoms with Crippen LogP contribution in [0.25, 0.3) is 0 Å². The summed E-state index contributed by atoms with van der Waals surface area (Å²) in [6.07, 6.45) is 0.325. The van der Waals surface area contributed by atoms with E-state index < -0.39 is 0 Å². The molecule has 1 N–H and O–H groups in total. The number of benzene rings is 1. The van der Waals surface area contributed by atoms with Crippen molar-refractivity contribution in [2.75, 3.05) is 0 Å². The Morgan fingerprint density at radius 1 is 1.58 bits per heavy atom. The van der Waals surface area contributed by atoms with Crippen molar-refractivity contribution in [1.29, 1.82) is 5.26 Å². The van der Waals surface area contributed by atoms with E-state index in [0.29, 0.717) is 11.4 Å². The van der Waals surface area contributed by atoms with Crippen molar-refractivity contribution in [2.45, 2.75) is 13.3 Å². The smallest absolute Gasteiger partial charge is 0.134 e. The predicted molar refractivity (Wildman–Crippen MR) is 47.2 cm³/mol. The second-order valence-electron chi connectivity index (χ2n) is 2.56. The molecule has 1 aromatic rings. The van der Waals surface area contributed by atoms with Crippen LogP contribution in [0.1, 0.15) is 11.1 Å². The molecular weight excluding hydrogens is 174 g/mol. The van der Waals surface area contributed by atoms with E-state index in [-0.39, 0.29) is 5.75 Å². The van der Waals surface area contributed by atoms with Gasteiger partial charge >= 0.3 is 0 Å². The third-order valence-electron chi connectivity index (χ3n) is 1.67. The van der Waals surface area contributed by atoms with Crippen LogP contribution in [-0.2, 0) is 6.42 Å². The lowest BCUT2D eigenvalue weighted by Gasteiger charge is -2.03. The van der Waals surface area contributed by atoms with Gasteiger partial charge in [-0.1, -0.05) is 11.6 Å². The lowest BCUT2D eigenvalue weighted by Crippen LogP contribution is -1.87. The van der Waals surface area contributed by atoms with Crippen LogP contribution in [0.2, 0.25) is 5.02 Å². The van der Waals surface area contributed by atoms with Crippen molar-refractivity contribution in [3.63, 3.8) is 0 Å². The number of phenolic OH excluding ortho intramolecular Hbond substituents is 1. The molecule has 0 unspecified atom stereocenters. The highest BCUT2D eigenvalue weighted by Crippen LogP contribution is 2.26. The molecule has 0 saturated heterocycles. The molecule has 0 radical (unpaired) electrons. The summed E-state index contributed by atoms with van der Waals surface area (Å²) in [5.74, 6) is 0.0656. The third kappa shape index (κ3) is 1.69. The zero-order chi connectivity index (χ0) is 9.14. The van der Waals surface area contributed by atoms with Gasteiger partial charge in [-0.25, -0.2) is 0 Å². The summed E-state index contributed by atoms with van der Waals surface area (Å²) in [6.45, 7) is 1.84. The van der Waals surface area contributed by atoms with Crippen molar-refractivity contribution in [2.24, 2.45) is 0 Å². The molecule has 0 atom stereocenters. The number of halogens is 1. The van der Waals surface area contributed by atoms with Gasteiger partial charge in [0.05, 0.1) is 17.5 Å². The molecule has 0 aromatic heterocycles. The number of aromatic hydroxyl groups is 1. The molecule has 0 aliphatic rings. The molecule has 0 amide bonds. The molecular formula is C9H8ClNO. The molecule has 0 saturated carbocycles. The number of nitrogens with zero attached hydrogens (tertiary/aromatic N) is 1. The average molecular weight is 182 g/mol. The Balaban J connectivity index is 3.16. The van der Waals surface area contributed by atoms with E-state index in [1.807, 2.05) is 13.0 Å². The van der Waals surface area contributed by atoms with Crippen LogP contribution in [0.5, 0.6) is 5.75 Å². The average Bonchev–Trinajstić information content (AvgIpc) is 2.01. The Morgan fingerprint density at radius 2 is 2.25 bits per heavy atom. The van der Waals surface area contributed by atoms with Crippen LogP contribution in [0.3, 0.4) is 0 Å². The summed E-state index contributed by atoms with van der Waals surface area (Å²) in [5, 5.41) is 17.9. The molecule has 0 aliphatic carbocycles. The van der Waals surface area contributed by atoms with Gasteiger partial charge in [-0.05, 0) is 30.2 Å². The van der Waals surface area contributed by atoms with Crippen molar-refractivity contribution in [1.82, 2.24) is 0 Å². The molecule has 0 aliphatic heterocycles. The minimum atomic E-state index is 0.0656. The summed E-state index contributed by atoms with van der Waals surface area (Å²) in [5.41, 5.74) is 1.75. The Kier molecular flexibility index (Phi) is 2.57. The molecule has 1 aromatic carbocycles. The third-order valence-corrected chi connectivity index (χ3v) is 1.98. The normalized spacial score (nSPS) is 9.42. The molecule has 62 valence electrons. The fourth-order valence-electron chi connectivity index (χ4n) is 0.983. The van der Waals surface area contributed by atoms with Crippen LogP contribution >= 0.6 is 11.6 Å². The van der Waals surface area contributed by atoms with Gasteiger partial charge in [0.15, 0.2) is 0 Å². The zero-order valence-corrected chi connectivity index (χ0v) is 7.39. The SMILES string of the molecule is Cc1cc(O)c(Cl)cc1CC#N. The van der Waals surface area contributed by atoms with Crippen LogP contribution in [0.4, 0.5) is 0 Å². The van der Waals surface area contributed by atoms with Gasteiger partial charge in [0, 0.05) is 0 Å². The second kappa shape index (κ2) is 3.46. The summed E-state index contributed by atoms with van der Waals surface area (Å²) in [7, 11) is 0. The monoisotopic (exact) mass is 181 g/mol. The number of hydrogen-bond donors (Lipinski definition) is 1. The molecule has 0 heterocycles. The van der Waals surface area contributed by atoms with Crippen molar-refractivity contribution in [3.05, 3.63) is 28.3 Å². The molecule has 3 heteroatoms. The Morgan fingerprint density at radius 3 is 2.83 bits per heavy atom. The van der Waals surface area contributed by atoms with Gasteiger partial charge in [0.25, 0.3) is 0 Å². The highest BCUT2D eigenvalue weighted by molar-refractivity contribution is 6.32. The molecule has 2 nitrogen and oxygen atoms in total. The highest BCUT2D eigenvalue weighted by atomic mass is 35.5. The molecule has 0 fully saturated rings. The number of rotatable bonds is 1. The van der Waals surface area contributed by atoms with Gasteiger partial charge in [0.2, 0.25) is 0 Å². The van der Waals surface area contributed by atoms with Crippen LogP contribution in [0, 0.1) is 18.3 Å². The number of phenols is 1.